The van der Waals surface area contributed by atoms with Crippen LogP contribution in [-0.2, 0) is 4.79 Å². The van der Waals surface area contributed by atoms with Crippen molar-refractivity contribution in [3.63, 3.8) is 0 Å². The summed E-state index contributed by atoms with van der Waals surface area (Å²) in [5.74, 6) is 0.826. The molecule has 0 heterocycles. The van der Waals surface area contributed by atoms with Crippen molar-refractivity contribution in [1.82, 2.24) is 9.80 Å². The molecule has 2 atom stereocenters. The summed E-state index contributed by atoms with van der Waals surface area (Å²) in [6.07, 6.45) is 6.20. The van der Waals surface area contributed by atoms with Crippen LogP contribution < -0.4 is 0 Å². The van der Waals surface area contributed by atoms with Crippen LogP contribution in [0.3, 0.4) is 0 Å². The monoisotopic (exact) mass is 284 g/mol. The smallest absolute Gasteiger partial charge is 0.317 e. The van der Waals surface area contributed by atoms with Gasteiger partial charge in [0.25, 0.3) is 0 Å². The number of hydrogen-bond donors (Lipinski definition) is 1. The second kappa shape index (κ2) is 8.63. The van der Waals surface area contributed by atoms with Gasteiger partial charge in [-0.05, 0) is 45.2 Å². The van der Waals surface area contributed by atoms with Gasteiger partial charge in [0.1, 0.15) is 0 Å². The lowest BCUT2D eigenvalue weighted by atomic mass is 9.80. The summed E-state index contributed by atoms with van der Waals surface area (Å²) >= 11 is 0. The van der Waals surface area contributed by atoms with E-state index in [0.29, 0.717) is 6.04 Å². The molecular formula is C16H32N2O2. The predicted octanol–water partition coefficient (Wildman–Crippen LogP) is 2.54. The van der Waals surface area contributed by atoms with E-state index in [4.69, 9.17) is 5.11 Å². The van der Waals surface area contributed by atoms with Crippen molar-refractivity contribution in [3.8, 4) is 0 Å². The van der Waals surface area contributed by atoms with E-state index in [0.717, 1.165) is 31.3 Å². The van der Waals surface area contributed by atoms with Crippen molar-refractivity contribution in [2.45, 2.75) is 52.0 Å². The van der Waals surface area contributed by atoms with Gasteiger partial charge >= 0.3 is 5.97 Å². The van der Waals surface area contributed by atoms with Crippen molar-refractivity contribution >= 4 is 5.97 Å². The maximum Gasteiger partial charge on any atom is 0.317 e. The van der Waals surface area contributed by atoms with E-state index in [-0.39, 0.29) is 6.54 Å². The lowest BCUT2D eigenvalue weighted by molar-refractivity contribution is -0.139. The number of hydrogen-bond acceptors (Lipinski definition) is 3. The van der Waals surface area contributed by atoms with Gasteiger partial charge in [-0.2, -0.15) is 0 Å². The van der Waals surface area contributed by atoms with Crippen LogP contribution in [0, 0.1) is 11.8 Å². The third-order valence-corrected chi connectivity index (χ3v) is 4.25. The summed E-state index contributed by atoms with van der Waals surface area (Å²) in [6, 6.07) is 0.462. The minimum Gasteiger partial charge on any atom is -0.480 e. The highest BCUT2D eigenvalue weighted by molar-refractivity contribution is 5.69. The Bertz CT molecular complexity index is 292. The van der Waals surface area contributed by atoms with Crippen molar-refractivity contribution in [1.29, 1.82) is 0 Å². The molecule has 0 saturated heterocycles. The van der Waals surface area contributed by atoms with Crippen molar-refractivity contribution in [3.05, 3.63) is 0 Å². The van der Waals surface area contributed by atoms with Gasteiger partial charge in [0, 0.05) is 19.1 Å². The molecule has 4 heteroatoms. The molecule has 0 radical (unpaired) electrons. The normalized spacial score (nSPS) is 23.8. The van der Waals surface area contributed by atoms with Crippen LogP contribution in [0.2, 0.25) is 0 Å². The quantitative estimate of drug-likeness (QED) is 0.744. The number of aliphatic carboxylic acids is 1. The van der Waals surface area contributed by atoms with Crippen LogP contribution >= 0.6 is 0 Å². The number of nitrogens with zero attached hydrogens (tertiary/aromatic N) is 2. The first-order valence-electron chi connectivity index (χ1n) is 7.99. The Morgan fingerprint density at radius 2 is 1.95 bits per heavy atom. The molecule has 1 rings (SSSR count). The third kappa shape index (κ3) is 6.71. The first kappa shape index (κ1) is 17.4. The molecule has 2 unspecified atom stereocenters. The van der Waals surface area contributed by atoms with Gasteiger partial charge < -0.3 is 10.0 Å². The standard InChI is InChI=1S/C16H32N2O2/c1-13(2)10-14-6-5-7-15(11-14)18(12-16(19)20)9-8-17(3)4/h13-15H,5-12H2,1-4H3,(H,19,20). The minimum absolute atomic E-state index is 0.187. The third-order valence-electron chi connectivity index (χ3n) is 4.25. The Morgan fingerprint density at radius 1 is 1.25 bits per heavy atom. The molecule has 1 fully saturated rings. The summed E-state index contributed by atoms with van der Waals surface area (Å²) < 4.78 is 0. The number of likely N-dealkylation sites (N-methyl/N-ethyl adjacent to an activating group) is 1. The number of carboxylic acids is 1. The van der Waals surface area contributed by atoms with E-state index < -0.39 is 5.97 Å². The maximum atomic E-state index is 11.1. The summed E-state index contributed by atoms with van der Waals surface area (Å²) in [5.41, 5.74) is 0. The SMILES string of the molecule is CC(C)CC1CCCC(N(CCN(C)C)CC(=O)O)C1. The van der Waals surface area contributed by atoms with Crippen LogP contribution in [-0.4, -0.2) is 60.6 Å². The van der Waals surface area contributed by atoms with E-state index in [1.54, 1.807) is 0 Å². The molecule has 20 heavy (non-hydrogen) atoms. The van der Waals surface area contributed by atoms with Crippen molar-refractivity contribution in [2.75, 3.05) is 33.7 Å². The molecule has 0 aromatic heterocycles. The zero-order valence-electron chi connectivity index (χ0n) is 13.6. The van der Waals surface area contributed by atoms with Gasteiger partial charge in [0.15, 0.2) is 0 Å². The molecule has 1 saturated carbocycles. The Balaban J connectivity index is 2.56. The zero-order valence-corrected chi connectivity index (χ0v) is 13.6. The van der Waals surface area contributed by atoms with Crippen LogP contribution in [0.1, 0.15) is 46.0 Å². The Labute approximate surface area is 124 Å². The zero-order chi connectivity index (χ0) is 15.1. The molecule has 1 aliphatic carbocycles. The number of carbonyl (C=O) groups is 1. The second-order valence-corrected chi connectivity index (χ2v) is 6.98. The van der Waals surface area contributed by atoms with Gasteiger partial charge in [-0.25, -0.2) is 0 Å². The Morgan fingerprint density at radius 3 is 2.50 bits per heavy atom. The summed E-state index contributed by atoms with van der Waals surface area (Å²) in [7, 11) is 4.09. The van der Waals surface area contributed by atoms with E-state index in [1.807, 2.05) is 14.1 Å². The summed E-state index contributed by atoms with van der Waals surface area (Å²) in [6.45, 7) is 6.54. The number of rotatable bonds is 8. The highest BCUT2D eigenvalue weighted by Crippen LogP contribution is 2.31. The molecule has 4 nitrogen and oxygen atoms in total. The average Bonchev–Trinajstić information content (AvgIpc) is 2.33. The van der Waals surface area contributed by atoms with Gasteiger partial charge in [-0.3, -0.25) is 9.69 Å². The van der Waals surface area contributed by atoms with Crippen molar-refractivity contribution in [2.24, 2.45) is 11.8 Å². The molecule has 118 valence electrons. The fourth-order valence-electron chi connectivity index (χ4n) is 3.37. The second-order valence-electron chi connectivity index (χ2n) is 6.98. The first-order chi connectivity index (χ1) is 9.38. The Hall–Kier alpha value is -0.610. The molecule has 0 aromatic rings. The topological polar surface area (TPSA) is 43.8 Å². The largest absolute Gasteiger partial charge is 0.480 e. The van der Waals surface area contributed by atoms with Gasteiger partial charge in [0.2, 0.25) is 0 Å². The molecule has 0 bridgehead atoms. The van der Waals surface area contributed by atoms with Gasteiger partial charge in [-0.15, -0.1) is 0 Å². The van der Waals surface area contributed by atoms with E-state index >= 15 is 0 Å². The molecular weight excluding hydrogens is 252 g/mol. The minimum atomic E-state index is -0.699. The van der Waals surface area contributed by atoms with E-state index in [9.17, 15) is 4.79 Å². The summed E-state index contributed by atoms with van der Waals surface area (Å²) in [5, 5.41) is 9.14. The predicted molar refractivity (Wildman–Crippen MR) is 83.0 cm³/mol. The molecule has 0 spiro atoms. The fourth-order valence-corrected chi connectivity index (χ4v) is 3.37. The van der Waals surface area contributed by atoms with Gasteiger partial charge in [-0.1, -0.05) is 26.7 Å². The molecule has 1 aliphatic rings. The van der Waals surface area contributed by atoms with Gasteiger partial charge in [0.05, 0.1) is 6.54 Å². The highest BCUT2D eigenvalue weighted by Gasteiger charge is 2.28. The molecule has 1 N–H and O–H groups in total. The maximum absolute atomic E-state index is 11.1. The highest BCUT2D eigenvalue weighted by atomic mass is 16.4. The van der Waals surface area contributed by atoms with E-state index in [1.165, 1.54) is 25.7 Å². The lowest BCUT2D eigenvalue weighted by Crippen LogP contribution is -2.44. The van der Waals surface area contributed by atoms with Crippen LogP contribution in [0.5, 0.6) is 0 Å². The van der Waals surface area contributed by atoms with Crippen LogP contribution in [0.4, 0.5) is 0 Å². The van der Waals surface area contributed by atoms with E-state index in [2.05, 4.69) is 23.6 Å². The average molecular weight is 284 g/mol. The first-order valence-corrected chi connectivity index (χ1v) is 7.99. The van der Waals surface area contributed by atoms with Crippen LogP contribution in [0.15, 0.2) is 0 Å². The lowest BCUT2D eigenvalue weighted by Gasteiger charge is -2.37. The Kier molecular flexibility index (Phi) is 7.52. The summed E-state index contributed by atoms with van der Waals surface area (Å²) in [4.78, 5) is 15.4. The molecule has 0 aliphatic heterocycles. The molecule has 0 amide bonds. The van der Waals surface area contributed by atoms with Crippen molar-refractivity contribution < 1.29 is 9.90 Å². The molecule has 0 aromatic carbocycles. The number of carboxylic acid groups (broad SMARTS) is 1. The van der Waals surface area contributed by atoms with Crippen LogP contribution in [0.25, 0.3) is 0 Å². The fraction of sp³-hybridized carbons (Fsp3) is 0.938.